The Morgan fingerprint density at radius 2 is 1.70 bits per heavy atom. The molecule has 0 aliphatic heterocycles. The Kier molecular flexibility index (Phi) is 4.66. The fraction of sp³-hybridized carbons (Fsp3) is 0.0769. The number of rotatable bonds is 4. The highest BCUT2D eigenvalue weighted by molar-refractivity contribution is 7.89. The lowest BCUT2D eigenvalue weighted by Crippen LogP contribution is -2.42. The van der Waals surface area contributed by atoms with Crippen LogP contribution in [-0.2, 0) is 16.2 Å². The van der Waals surface area contributed by atoms with Gasteiger partial charge in [-0.15, -0.1) is 4.83 Å². The molecule has 1 aromatic heterocycles. The summed E-state index contributed by atoms with van der Waals surface area (Å²) in [7, 11) is -4.61. The fourth-order valence-electron chi connectivity index (χ4n) is 1.66. The first-order valence-corrected chi connectivity index (χ1v) is 7.59. The molecule has 23 heavy (non-hydrogen) atoms. The summed E-state index contributed by atoms with van der Waals surface area (Å²) < 4.78 is 62.5. The van der Waals surface area contributed by atoms with E-state index in [4.69, 9.17) is 0 Å². The molecule has 6 nitrogen and oxygen atoms in total. The van der Waals surface area contributed by atoms with Crippen molar-refractivity contribution in [1.82, 2.24) is 15.2 Å². The number of aromatic nitrogens is 1. The van der Waals surface area contributed by atoms with Gasteiger partial charge in [0.1, 0.15) is 5.69 Å². The summed E-state index contributed by atoms with van der Waals surface area (Å²) >= 11 is 0. The van der Waals surface area contributed by atoms with Crippen LogP contribution >= 0.6 is 0 Å². The first-order chi connectivity index (χ1) is 10.7. The summed E-state index contributed by atoms with van der Waals surface area (Å²) in [6.45, 7) is 0. The number of carbonyl (C=O) groups is 1. The van der Waals surface area contributed by atoms with Crippen molar-refractivity contribution < 1.29 is 26.4 Å². The van der Waals surface area contributed by atoms with E-state index in [1.807, 2.05) is 5.43 Å². The second-order valence-corrected chi connectivity index (χ2v) is 5.92. The van der Waals surface area contributed by atoms with Gasteiger partial charge in [-0.3, -0.25) is 15.2 Å². The van der Waals surface area contributed by atoms with Crippen LogP contribution < -0.4 is 10.3 Å². The monoisotopic (exact) mass is 345 g/mol. The lowest BCUT2D eigenvalue weighted by Gasteiger charge is -2.13. The molecule has 1 amide bonds. The zero-order valence-corrected chi connectivity index (χ0v) is 12.1. The van der Waals surface area contributed by atoms with Gasteiger partial charge < -0.3 is 0 Å². The van der Waals surface area contributed by atoms with Crippen molar-refractivity contribution in [3.05, 3.63) is 59.9 Å². The topological polar surface area (TPSA) is 88.2 Å². The maximum absolute atomic E-state index is 12.9. The molecule has 0 aliphatic rings. The number of pyridine rings is 1. The van der Waals surface area contributed by atoms with E-state index in [1.54, 1.807) is 10.9 Å². The van der Waals surface area contributed by atoms with Crippen molar-refractivity contribution in [3.8, 4) is 0 Å². The van der Waals surface area contributed by atoms with E-state index in [-0.39, 0.29) is 5.69 Å². The van der Waals surface area contributed by atoms with Gasteiger partial charge in [-0.1, -0.05) is 18.2 Å². The number of hydrogen-bond acceptors (Lipinski definition) is 4. The van der Waals surface area contributed by atoms with Gasteiger partial charge in [-0.05, 0) is 24.3 Å². The predicted octanol–water partition coefficient (Wildman–Crippen LogP) is 1.72. The average molecular weight is 345 g/mol. The number of halogens is 3. The Morgan fingerprint density at radius 3 is 2.30 bits per heavy atom. The molecule has 0 fully saturated rings. The quantitative estimate of drug-likeness (QED) is 0.826. The molecule has 0 bridgehead atoms. The molecule has 0 spiro atoms. The molecular weight excluding hydrogens is 335 g/mol. The van der Waals surface area contributed by atoms with E-state index in [2.05, 4.69) is 4.98 Å². The zero-order valence-electron chi connectivity index (χ0n) is 11.3. The highest BCUT2D eigenvalue weighted by Crippen LogP contribution is 2.33. The standard InChI is InChI=1S/C13H10F3N3O3S/c14-13(15,16)9-5-1-2-7-11(9)23(21,22)19-18-12(20)10-6-3-4-8-17-10/h1-8,19H,(H,18,20). The molecule has 2 N–H and O–H groups in total. The van der Waals surface area contributed by atoms with Crippen LogP contribution in [0.25, 0.3) is 0 Å². The van der Waals surface area contributed by atoms with E-state index >= 15 is 0 Å². The van der Waals surface area contributed by atoms with Crippen molar-refractivity contribution in [1.29, 1.82) is 0 Å². The largest absolute Gasteiger partial charge is 0.417 e. The lowest BCUT2D eigenvalue weighted by atomic mass is 10.2. The number of amides is 1. The fourth-order valence-corrected chi connectivity index (χ4v) is 2.73. The van der Waals surface area contributed by atoms with Crippen LogP contribution in [0.4, 0.5) is 13.2 Å². The second kappa shape index (κ2) is 6.34. The number of nitrogens with zero attached hydrogens (tertiary/aromatic N) is 1. The number of hydrazine groups is 1. The van der Waals surface area contributed by atoms with Gasteiger partial charge in [-0.2, -0.15) is 13.2 Å². The minimum Gasteiger partial charge on any atom is -0.272 e. The number of nitrogens with one attached hydrogen (secondary N) is 2. The average Bonchev–Trinajstić information content (AvgIpc) is 2.53. The lowest BCUT2D eigenvalue weighted by molar-refractivity contribution is -0.139. The van der Waals surface area contributed by atoms with Crippen LogP contribution in [0, 0.1) is 0 Å². The molecule has 0 aliphatic carbocycles. The van der Waals surface area contributed by atoms with E-state index < -0.39 is 32.6 Å². The van der Waals surface area contributed by atoms with Crippen molar-refractivity contribution in [2.75, 3.05) is 0 Å². The third-order valence-electron chi connectivity index (χ3n) is 2.68. The minimum atomic E-state index is -4.85. The Hall–Kier alpha value is -2.46. The summed E-state index contributed by atoms with van der Waals surface area (Å²) in [6, 6.07) is 7.98. The molecule has 2 rings (SSSR count). The zero-order chi connectivity index (χ0) is 17.1. The summed E-state index contributed by atoms with van der Waals surface area (Å²) in [5.74, 6) is -0.904. The van der Waals surface area contributed by atoms with Crippen LogP contribution in [0.5, 0.6) is 0 Å². The predicted molar refractivity (Wildman–Crippen MR) is 73.5 cm³/mol. The van der Waals surface area contributed by atoms with Crippen LogP contribution in [0.2, 0.25) is 0 Å². The first-order valence-electron chi connectivity index (χ1n) is 6.11. The molecule has 2 aromatic rings. The molecule has 1 heterocycles. The molecular formula is C13H10F3N3O3S. The summed E-state index contributed by atoms with van der Waals surface area (Å²) in [5, 5.41) is 0. The number of hydrogen-bond donors (Lipinski definition) is 2. The first kappa shape index (κ1) is 16.9. The van der Waals surface area contributed by atoms with Crippen molar-refractivity contribution in [3.63, 3.8) is 0 Å². The molecule has 10 heteroatoms. The molecule has 0 saturated heterocycles. The van der Waals surface area contributed by atoms with Gasteiger partial charge >= 0.3 is 6.18 Å². The molecule has 0 atom stereocenters. The smallest absolute Gasteiger partial charge is 0.272 e. The maximum Gasteiger partial charge on any atom is 0.417 e. The Balaban J connectivity index is 2.22. The van der Waals surface area contributed by atoms with E-state index in [0.29, 0.717) is 6.07 Å². The Labute approximate surface area is 129 Å². The Bertz CT molecular complexity index is 808. The summed E-state index contributed by atoms with van der Waals surface area (Å²) in [4.78, 5) is 16.0. The van der Waals surface area contributed by atoms with Crippen LogP contribution in [-0.4, -0.2) is 19.3 Å². The minimum absolute atomic E-state index is 0.0979. The third-order valence-corrected chi connectivity index (χ3v) is 3.98. The van der Waals surface area contributed by atoms with E-state index in [1.165, 1.54) is 18.3 Å². The van der Waals surface area contributed by atoms with Gasteiger partial charge in [0.25, 0.3) is 15.9 Å². The van der Waals surface area contributed by atoms with E-state index in [0.717, 1.165) is 18.2 Å². The summed E-state index contributed by atoms with van der Waals surface area (Å²) in [5.41, 5.74) is 0.378. The number of alkyl halides is 3. The molecule has 122 valence electrons. The molecule has 1 aromatic carbocycles. The third kappa shape index (κ3) is 4.05. The van der Waals surface area contributed by atoms with Gasteiger partial charge in [-0.25, -0.2) is 8.42 Å². The number of benzene rings is 1. The SMILES string of the molecule is O=C(NNS(=O)(=O)c1ccccc1C(F)(F)F)c1ccccn1. The van der Waals surface area contributed by atoms with Gasteiger partial charge in [0.2, 0.25) is 0 Å². The Morgan fingerprint density at radius 1 is 1.04 bits per heavy atom. The highest BCUT2D eigenvalue weighted by Gasteiger charge is 2.36. The highest BCUT2D eigenvalue weighted by atomic mass is 32.2. The molecule has 0 radical (unpaired) electrons. The van der Waals surface area contributed by atoms with Crippen LogP contribution in [0.3, 0.4) is 0 Å². The molecule has 0 saturated carbocycles. The van der Waals surface area contributed by atoms with Gasteiger partial charge in [0.05, 0.1) is 10.5 Å². The van der Waals surface area contributed by atoms with Gasteiger partial charge in [0.15, 0.2) is 0 Å². The normalized spacial score (nSPS) is 12.0. The van der Waals surface area contributed by atoms with Crippen LogP contribution in [0.15, 0.2) is 53.6 Å². The van der Waals surface area contributed by atoms with Crippen molar-refractivity contribution >= 4 is 15.9 Å². The number of sulfonamides is 1. The maximum atomic E-state index is 12.9. The molecule has 0 unspecified atom stereocenters. The van der Waals surface area contributed by atoms with Crippen molar-refractivity contribution in [2.24, 2.45) is 0 Å². The second-order valence-electron chi connectivity index (χ2n) is 4.27. The summed E-state index contributed by atoms with van der Waals surface area (Å²) in [6.07, 6.45) is -3.54. The van der Waals surface area contributed by atoms with Crippen molar-refractivity contribution in [2.45, 2.75) is 11.1 Å². The number of carbonyl (C=O) groups excluding carboxylic acids is 1. The van der Waals surface area contributed by atoms with Crippen LogP contribution in [0.1, 0.15) is 16.1 Å². The van der Waals surface area contributed by atoms with Gasteiger partial charge in [0, 0.05) is 6.20 Å². The van der Waals surface area contributed by atoms with E-state index in [9.17, 15) is 26.4 Å².